The van der Waals surface area contributed by atoms with Gasteiger partial charge in [0.25, 0.3) is 0 Å². The molecule has 1 aromatic carbocycles. The highest BCUT2D eigenvalue weighted by molar-refractivity contribution is 14.0. The maximum absolute atomic E-state index is 14.5. The molecule has 3 rings (SSSR count). The van der Waals surface area contributed by atoms with E-state index < -0.39 is 0 Å². The van der Waals surface area contributed by atoms with Crippen molar-refractivity contribution in [1.82, 2.24) is 25.1 Å². The SMILES string of the molecule is CCC(=O)N1CCC(NC(=NC)NCc2ccc(-n3ccnc3C)c(F)c2)C1.I. The van der Waals surface area contributed by atoms with Crippen LogP contribution in [0.3, 0.4) is 0 Å². The Kier molecular flexibility index (Phi) is 8.42. The van der Waals surface area contributed by atoms with Crippen molar-refractivity contribution in [2.75, 3.05) is 20.1 Å². The Morgan fingerprint density at radius 1 is 1.41 bits per heavy atom. The van der Waals surface area contributed by atoms with Gasteiger partial charge in [-0.05, 0) is 31.0 Å². The second-order valence-corrected chi connectivity index (χ2v) is 6.88. The molecule has 1 unspecified atom stereocenters. The van der Waals surface area contributed by atoms with Gasteiger partial charge in [0.2, 0.25) is 5.91 Å². The Morgan fingerprint density at radius 3 is 2.83 bits per heavy atom. The summed E-state index contributed by atoms with van der Waals surface area (Å²) in [5.74, 6) is 1.26. The average Bonchev–Trinajstić information content (AvgIpc) is 3.33. The summed E-state index contributed by atoms with van der Waals surface area (Å²) >= 11 is 0. The number of hydrogen-bond acceptors (Lipinski definition) is 3. The Bertz CT molecular complexity index is 868. The van der Waals surface area contributed by atoms with Crippen LogP contribution in [-0.4, -0.2) is 52.5 Å². The molecule has 0 spiro atoms. The van der Waals surface area contributed by atoms with Gasteiger partial charge in [-0.25, -0.2) is 9.37 Å². The summed E-state index contributed by atoms with van der Waals surface area (Å²) in [6.45, 7) is 5.61. The van der Waals surface area contributed by atoms with Gasteiger partial charge in [0.15, 0.2) is 5.96 Å². The molecule has 0 saturated carbocycles. The van der Waals surface area contributed by atoms with Gasteiger partial charge in [0.1, 0.15) is 11.6 Å². The third-order valence-electron chi connectivity index (χ3n) is 4.97. The predicted octanol–water partition coefficient (Wildman–Crippen LogP) is 2.61. The number of imidazole rings is 1. The molecular formula is C20H28FIN6O. The highest BCUT2D eigenvalue weighted by Gasteiger charge is 2.25. The second kappa shape index (κ2) is 10.6. The molecule has 0 aliphatic carbocycles. The molecule has 0 radical (unpaired) electrons. The van der Waals surface area contributed by atoms with Gasteiger partial charge in [0.05, 0.1) is 5.69 Å². The number of aliphatic imine (C=N–C) groups is 1. The number of aromatic nitrogens is 2. The van der Waals surface area contributed by atoms with E-state index in [9.17, 15) is 9.18 Å². The van der Waals surface area contributed by atoms with Crippen molar-refractivity contribution in [3.05, 3.63) is 47.8 Å². The maximum Gasteiger partial charge on any atom is 0.222 e. The lowest BCUT2D eigenvalue weighted by Gasteiger charge is -2.19. The Labute approximate surface area is 187 Å². The summed E-state index contributed by atoms with van der Waals surface area (Å²) in [7, 11) is 1.70. The zero-order valence-corrected chi connectivity index (χ0v) is 19.3. The van der Waals surface area contributed by atoms with E-state index in [0.717, 1.165) is 24.4 Å². The van der Waals surface area contributed by atoms with E-state index in [1.165, 1.54) is 6.07 Å². The van der Waals surface area contributed by atoms with Crippen LogP contribution in [0.25, 0.3) is 5.69 Å². The summed E-state index contributed by atoms with van der Waals surface area (Å²) in [4.78, 5) is 22.0. The van der Waals surface area contributed by atoms with Gasteiger partial charge in [0, 0.05) is 51.5 Å². The highest BCUT2D eigenvalue weighted by atomic mass is 127. The van der Waals surface area contributed by atoms with Crippen LogP contribution < -0.4 is 10.6 Å². The largest absolute Gasteiger partial charge is 0.352 e. The smallest absolute Gasteiger partial charge is 0.222 e. The van der Waals surface area contributed by atoms with Crippen molar-refractivity contribution in [3.63, 3.8) is 0 Å². The zero-order chi connectivity index (χ0) is 20.1. The molecule has 2 heterocycles. The van der Waals surface area contributed by atoms with Crippen LogP contribution >= 0.6 is 24.0 Å². The fraction of sp³-hybridized carbons (Fsp3) is 0.450. The van der Waals surface area contributed by atoms with E-state index in [-0.39, 0.29) is 41.7 Å². The van der Waals surface area contributed by atoms with Gasteiger partial charge in [-0.15, -0.1) is 24.0 Å². The van der Waals surface area contributed by atoms with Crippen LogP contribution in [0.1, 0.15) is 31.2 Å². The van der Waals surface area contributed by atoms with Gasteiger partial charge in [-0.1, -0.05) is 13.0 Å². The van der Waals surface area contributed by atoms with E-state index in [1.54, 1.807) is 30.1 Å². The molecule has 29 heavy (non-hydrogen) atoms. The molecule has 7 nitrogen and oxygen atoms in total. The number of rotatable bonds is 5. The van der Waals surface area contributed by atoms with Crippen molar-refractivity contribution in [2.24, 2.45) is 4.99 Å². The molecule has 158 valence electrons. The van der Waals surface area contributed by atoms with Crippen LogP contribution in [0.15, 0.2) is 35.6 Å². The maximum atomic E-state index is 14.5. The molecule has 1 saturated heterocycles. The molecule has 1 aliphatic rings. The van der Waals surface area contributed by atoms with Crippen LogP contribution in [0.2, 0.25) is 0 Å². The molecular weight excluding hydrogens is 486 g/mol. The number of carbonyl (C=O) groups is 1. The van der Waals surface area contributed by atoms with Gasteiger partial charge in [-0.2, -0.15) is 0 Å². The normalized spacial score (nSPS) is 16.5. The Hall–Kier alpha value is -2.17. The minimum atomic E-state index is -0.298. The highest BCUT2D eigenvalue weighted by Crippen LogP contribution is 2.17. The second-order valence-electron chi connectivity index (χ2n) is 6.88. The molecule has 2 aromatic rings. The molecule has 1 fully saturated rings. The lowest BCUT2D eigenvalue weighted by molar-refractivity contribution is -0.129. The van der Waals surface area contributed by atoms with Crippen LogP contribution in [-0.2, 0) is 11.3 Å². The number of amides is 1. The number of halogens is 2. The van der Waals surface area contributed by atoms with E-state index in [2.05, 4.69) is 20.6 Å². The lowest BCUT2D eigenvalue weighted by Crippen LogP contribution is -2.44. The van der Waals surface area contributed by atoms with Crippen molar-refractivity contribution in [2.45, 2.75) is 39.3 Å². The van der Waals surface area contributed by atoms with E-state index >= 15 is 0 Å². The van der Waals surface area contributed by atoms with Crippen LogP contribution in [0, 0.1) is 12.7 Å². The summed E-state index contributed by atoms with van der Waals surface area (Å²) in [5, 5.41) is 6.55. The van der Waals surface area contributed by atoms with E-state index in [0.29, 0.717) is 31.2 Å². The van der Waals surface area contributed by atoms with Gasteiger partial charge < -0.3 is 20.1 Å². The Balaban J connectivity index is 0.00000300. The quantitative estimate of drug-likeness (QED) is 0.366. The van der Waals surface area contributed by atoms with Gasteiger partial charge in [-0.3, -0.25) is 9.79 Å². The summed E-state index contributed by atoms with van der Waals surface area (Å²) in [5.41, 5.74) is 1.30. The molecule has 1 amide bonds. The minimum absolute atomic E-state index is 0. The van der Waals surface area contributed by atoms with Crippen molar-refractivity contribution in [1.29, 1.82) is 0 Å². The number of hydrogen-bond donors (Lipinski definition) is 2. The van der Waals surface area contributed by atoms with Crippen molar-refractivity contribution < 1.29 is 9.18 Å². The molecule has 0 bridgehead atoms. The van der Waals surface area contributed by atoms with E-state index in [4.69, 9.17) is 0 Å². The standard InChI is InChI=1S/C20H27FN6O.HI/c1-4-19(28)26-9-7-16(13-26)25-20(22-3)24-12-15-5-6-18(17(21)11-15)27-10-8-23-14(27)2;/h5-6,8,10-11,16H,4,7,9,12-13H2,1-3H3,(H2,22,24,25);1H. The number of carbonyl (C=O) groups excluding carboxylic acids is 1. The summed E-state index contributed by atoms with van der Waals surface area (Å²) in [6, 6.07) is 5.33. The molecule has 1 atom stereocenters. The van der Waals surface area contributed by atoms with Crippen molar-refractivity contribution in [3.8, 4) is 5.69 Å². The number of guanidine groups is 1. The molecule has 2 N–H and O–H groups in total. The van der Waals surface area contributed by atoms with Crippen LogP contribution in [0.5, 0.6) is 0 Å². The summed E-state index contributed by atoms with van der Waals surface area (Å²) in [6.07, 6.45) is 4.81. The monoisotopic (exact) mass is 514 g/mol. The Morgan fingerprint density at radius 2 is 2.21 bits per heavy atom. The number of nitrogens with zero attached hydrogens (tertiary/aromatic N) is 4. The fourth-order valence-corrected chi connectivity index (χ4v) is 3.39. The molecule has 1 aliphatic heterocycles. The number of likely N-dealkylation sites (tertiary alicyclic amines) is 1. The summed E-state index contributed by atoms with van der Waals surface area (Å²) < 4.78 is 16.2. The lowest BCUT2D eigenvalue weighted by atomic mass is 10.2. The average molecular weight is 514 g/mol. The first-order valence-corrected chi connectivity index (χ1v) is 9.55. The fourth-order valence-electron chi connectivity index (χ4n) is 3.39. The zero-order valence-electron chi connectivity index (χ0n) is 17.0. The molecule has 9 heteroatoms. The first-order valence-electron chi connectivity index (χ1n) is 9.55. The third kappa shape index (κ3) is 5.68. The number of benzene rings is 1. The predicted molar refractivity (Wildman–Crippen MR) is 122 cm³/mol. The first kappa shape index (κ1) is 23.1. The third-order valence-corrected chi connectivity index (χ3v) is 4.97. The van der Waals surface area contributed by atoms with E-state index in [1.807, 2.05) is 24.8 Å². The first-order chi connectivity index (χ1) is 13.5. The number of nitrogens with one attached hydrogen (secondary N) is 2. The molecule has 1 aromatic heterocycles. The topological polar surface area (TPSA) is 74.6 Å². The number of aryl methyl sites for hydroxylation is 1. The van der Waals surface area contributed by atoms with Crippen molar-refractivity contribution >= 4 is 35.8 Å². The minimum Gasteiger partial charge on any atom is -0.352 e. The van der Waals surface area contributed by atoms with Gasteiger partial charge >= 0.3 is 0 Å². The van der Waals surface area contributed by atoms with Crippen LogP contribution in [0.4, 0.5) is 4.39 Å².